The number of hydrogen-bond donors (Lipinski definition) is 2. The highest BCUT2D eigenvalue weighted by atomic mass is 31.2. The molecule has 46 heavy (non-hydrogen) atoms. The molecule has 7 heterocycles. The highest BCUT2D eigenvalue weighted by Crippen LogP contribution is 2.53. The number of fused-ring (bicyclic) bond motifs is 4. The molecule has 3 aliphatic heterocycles. The van der Waals surface area contributed by atoms with E-state index >= 15 is 4.39 Å². The van der Waals surface area contributed by atoms with Crippen molar-refractivity contribution in [3.05, 3.63) is 41.3 Å². The molecule has 0 aromatic carbocycles. The minimum atomic E-state index is -4.63. The van der Waals surface area contributed by atoms with Crippen LogP contribution in [-0.4, -0.2) is 104 Å². The van der Waals surface area contributed by atoms with E-state index in [2.05, 4.69) is 19.9 Å². The van der Waals surface area contributed by atoms with Crippen molar-refractivity contribution in [2.24, 2.45) is 7.05 Å². The Hall–Kier alpha value is -3.06. The van der Waals surface area contributed by atoms with Gasteiger partial charge in [-0.2, -0.15) is 0 Å². The number of aryl methyl sites for hydroxylation is 1. The van der Waals surface area contributed by atoms with Gasteiger partial charge in [0.25, 0.3) is 20.5 Å². The molecule has 0 saturated carbocycles. The molecule has 3 saturated heterocycles. The Morgan fingerprint density at radius 1 is 0.957 bits per heavy atom. The molecule has 4 aromatic rings. The van der Waals surface area contributed by atoms with E-state index in [1.165, 1.54) is 17.9 Å². The number of nitrogen functional groups attached to an aromatic ring is 1. The van der Waals surface area contributed by atoms with Gasteiger partial charge in [0.05, 0.1) is 25.9 Å². The number of imidazole rings is 1. The van der Waals surface area contributed by atoms with Gasteiger partial charge >= 0.3 is 0 Å². The summed E-state index contributed by atoms with van der Waals surface area (Å²) in [5.74, 6) is -0.933. The Bertz CT molecular complexity index is 2000. The summed E-state index contributed by atoms with van der Waals surface area (Å²) < 4.78 is 93.7. The lowest BCUT2D eigenvalue weighted by molar-refractivity contribution is -0.0558. The first-order valence-electron chi connectivity index (χ1n) is 13.5. The Morgan fingerprint density at radius 3 is 2.33 bits per heavy atom. The van der Waals surface area contributed by atoms with Crippen LogP contribution in [0.4, 0.5) is 14.6 Å². The molecule has 3 fully saturated rings. The Morgan fingerprint density at radius 2 is 1.61 bits per heavy atom. The molecule has 7 rings (SSSR count). The van der Waals surface area contributed by atoms with E-state index in [0.29, 0.717) is 0 Å². The van der Waals surface area contributed by atoms with E-state index in [9.17, 15) is 23.4 Å². The molecule has 4 aromatic heterocycles. The summed E-state index contributed by atoms with van der Waals surface area (Å²) in [6.45, 7) is -1.48. The lowest BCUT2D eigenvalue weighted by atomic mass is 10.1. The summed E-state index contributed by atoms with van der Waals surface area (Å²) in [7, 11) is 3.80. The second-order valence-corrected chi connectivity index (χ2v) is 13.8. The molecule has 0 bridgehead atoms. The van der Waals surface area contributed by atoms with Gasteiger partial charge in [-0.3, -0.25) is 18.5 Å². The van der Waals surface area contributed by atoms with Crippen molar-refractivity contribution < 1.29 is 50.6 Å². The maximum Gasteiger partial charge on any atom is 0.265 e. The van der Waals surface area contributed by atoms with Gasteiger partial charge in [-0.15, -0.1) is 0 Å². The lowest BCUT2D eigenvalue weighted by Gasteiger charge is -2.30. The van der Waals surface area contributed by atoms with Crippen molar-refractivity contribution in [1.82, 2.24) is 33.6 Å². The molecule has 24 heteroatoms. The van der Waals surface area contributed by atoms with E-state index in [1.807, 2.05) is 0 Å². The number of aliphatic hydroxyl groups excluding tert-OH is 1. The predicted octanol–water partition coefficient (Wildman–Crippen LogP) is 0.160. The normalized spacial score (nSPS) is 37.1. The summed E-state index contributed by atoms with van der Waals surface area (Å²) in [4.78, 5) is 28.5. The number of anilines is 1. The Kier molecular flexibility index (Phi) is 7.73. The Labute approximate surface area is 258 Å². The number of alkyl halides is 1. The molecule has 4 unspecified atom stereocenters. The SMILES string of the molecule is [B]P1(=O)OC[C@H]2O[C@@H](n3cnc4c(N)ncnc43)C(F)[C@H]2OP([B])(=O)OC[C@H]2O[C@@H](n3cc(F)c4c(=O)n(C)cnc43)[C@@H](O)C2O1. The molecule has 0 spiro atoms. The van der Waals surface area contributed by atoms with Gasteiger partial charge < -0.3 is 47.5 Å². The maximum absolute atomic E-state index is 16.0. The molecule has 4 radical (unpaired) electrons. The number of hydrogen-bond acceptors (Lipinski definition) is 15. The summed E-state index contributed by atoms with van der Waals surface area (Å²) >= 11 is 0. The highest BCUT2D eigenvalue weighted by molar-refractivity contribution is 7.79. The molecular weight excluding hydrogens is 658 g/mol. The molecule has 0 amide bonds. The van der Waals surface area contributed by atoms with Crippen molar-refractivity contribution in [1.29, 1.82) is 0 Å². The van der Waals surface area contributed by atoms with Gasteiger partial charge in [-0.1, -0.05) is 0 Å². The minimum absolute atomic E-state index is 0.0251. The first-order chi connectivity index (χ1) is 21.7. The van der Waals surface area contributed by atoms with Gasteiger partial charge in [0, 0.05) is 13.2 Å². The molecule has 240 valence electrons. The van der Waals surface area contributed by atoms with E-state index in [-0.39, 0.29) is 28.0 Å². The van der Waals surface area contributed by atoms with E-state index < -0.39 is 88.7 Å². The topological polar surface area (TPSA) is 219 Å². The van der Waals surface area contributed by atoms with Crippen molar-refractivity contribution in [2.75, 3.05) is 18.9 Å². The number of nitrogens with two attached hydrogens (primary N) is 1. The van der Waals surface area contributed by atoms with Crippen LogP contribution in [0.5, 0.6) is 0 Å². The van der Waals surface area contributed by atoms with Crippen LogP contribution >= 0.6 is 14.9 Å². The zero-order chi connectivity index (χ0) is 32.7. The number of halogens is 2. The van der Waals surface area contributed by atoms with Gasteiger partial charge in [0.15, 0.2) is 41.6 Å². The molecular formula is C22H22B2F2N8O10P2. The summed E-state index contributed by atoms with van der Waals surface area (Å²) in [5.41, 5.74) is 5.20. The van der Waals surface area contributed by atoms with E-state index in [1.54, 1.807) is 0 Å². The number of aliphatic hydroxyl groups is 1. The van der Waals surface area contributed by atoms with Gasteiger partial charge in [0.2, 0.25) is 15.1 Å². The number of ether oxygens (including phenoxy) is 2. The predicted molar refractivity (Wildman–Crippen MR) is 152 cm³/mol. The molecule has 3 aliphatic rings. The fraction of sp³-hybridized carbons (Fsp3) is 0.500. The van der Waals surface area contributed by atoms with Crippen LogP contribution in [0.25, 0.3) is 22.2 Å². The zero-order valence-electron chi connectivity index (χ0n) is 23.5. The second kappa shape index (κ2) is 11.3. The third kappa shape index (κ3) is 5.31. The van der Waals surface area contributed by atoms with Crippen LogP contribution in [0.1, 0.15) is 12.5 Å². The molecule has 3 N–H and O–H groups in total. The number of rotatable bonds is 2. The third-order valence-electron chi connectivity index (χ3n) is 7.73. The van der Waals surface area contributed by atoms with Crippen LogP contribution < -0.4 is 11.3 Å². The fourth-order valence-corrected chi connectivity index (χ4v) is 7.60. The van der Waals surface area contributed by atoms with Crippen molar-refractivity contribution in [3.8, 4) is 0 Å². The number of aromatic nitrogens is 7. The monoisotopic (exact) mass is 680 g/mol. The van der Waals surface area contributed by atoms with Gasteiger partial charge in [-0.25, -0.2) is 28.7 Å². The van der Waals surface area contributed by atoms with Gasteiger partial charge in [-0.05, 0) is 0 Å². The molecule has 10 atom stereocenters. The summed E-state index contributed by atoms with van der Waals surface area (Å²) in [6, 6.07) is 0. The molecule has 0 aliphatic carbocycles. The Balaban J connectivity index is 1.18. The van der Waals surface area contributed by atoms with Crippen LogP contribution in [0.3, 0.4) is 0 Å². The summed E-state index contributed by atoms with van der Waals surface area (Å²) in [6.07, 6.45) is -8.71. The third-order valence-corrected chi connectivity index (χ3v) is 9.83. The van der Waals surface area contributed by atoms with Gasteiger partial charge in [0.1, 0.15) is 47.8 Å². The average molecular weight is 680 g/mol. The largest absolute Gasteiger partial charge is 0.386 e. The number of nitrogens with zero attached hydrogens (tertiary/aromatic N) is 7. The zero-order valence-corrected chi connectivity index (χ0v) is 25.3. The fourth-order valence-electron chi connectivity index (χ4n) is 5.58. The van der Waals surface area contributed by atoms with Crippen LogP contribution in [0.15, 0.2) is 30.0 Å². The smallest absolute Gasteiger partial charge is 0.265 e. The van der Waals surface area contributed by atoms with Crippen molar-refractivity contribution >= 4 is 58.1 Å². The van der Waals surface area contributed by atoms with Crippen LogP contribution in [-0.2, 0) is 43.7 Å². The standard InChI is InChI=1S/C22H22B2F2N8O10P2/c1-32-6-31-18-11(20(32)36)8(25)2-33(18)22-14(35)16-10(42-22)4-40-45(23,37)43-15-9(3-39-46(24,38)44-16)41-21(12(15)26)34-7-30-13-17(27)28-5-29-19(13)34/h2,5-7,9-10,12,14-16,21-22,35H,3-4H2,1H3,(H2,27,28,29)/t9-,10-,12?,14+,15+,16?,21-,22-,45?,46?/m1/s1. The molecule has 18 nitrogen and oxygen atoms in total. The van der Waals surface area contributed by atoms with E-state index in [0.717, 1.165) is 28.0 Å². The van der Waals surface area contributed by atoms with Crippen LogP contribution in [0.2, 0.25) is 0 Å². The van der Waals surface area contributed by atoms with Crippen LogP contribution in [0, 0.1) is 5.82 Å². The van der Waals surface area contributed by atoms with Crippen molar-refractivity contribution in [2.45, 2.75) is 49.1 Å². The maximum atomic E-state index is 16.0. The summed E-state index contributed by atoms with van der Waals surface area (Å²) in [5, 5.41) is 10.8. The second-order valence-electron chi connectivity index (χ2n) is 10.7. The van der Waals surface area contributed by atoms with E-state index in [4.69, 9.17) is 48.4 Å². The minimum Gasteiger partial charge on any atom is -0.386 e. The highest BCUT2D eigenvalue weighted by Gasteiger charge is 2.53. The lowest BCUT2D eigenvalue weighted by Crippen LogP contribution is -2.38. The quantitative estimate of drug-likeness (QED) is 0.213. The first kappa shape index (κ1) is 31.5. The first-order valence-corrected chi connectivity index (χ1v) is 16.7. The van der Waals surface area contributed by atoms with Crippen molar-refractivity contribution in [3.63, 3.8) is 0 Å². The average Bonchev–Trinajstić information content (AvgIpc) is 3.73.